The molecule has 1 N–H and O–H groups in total. The van der Waals surface area contributed by atoms with Gasteiger partial charge in [-0.1, -0.05) is 12.1 Å². The van der Waals surface area contributed by atoms with E-state index in [1.54, 1.807) is 10.7 Å². The molecule has 0 spiro atoms. The van der Waals surface area contributed by atoms with Gasteiger partial charge in [0, 0.05) is 54.1 Å². The lowest BCUT2D eigenvalue weighted by Crippen LogP contribution is -2.14. The number of nitriles is 1. The molecular formula is C27H23FN6. The van der Waals surface area contributed by atoms with Gasteiger partial charge in [0.2, 0.25) is 0 Å². The molecule has 0 bridgehead atoms. The minimum atomic E-state index is -0.518. The van der Waals surface area contributed by atoms with Crippen molar-refractivity contribution in [3.63, 3.8) is 0 Å². The molecule has 0 radical (unpaired) electrons. The highest BCUT2D eigenvalue weighted by molar-refractivity contribution is 6.02. The van der Waals surface area contributed by atoms with Crippen molar-refractivity contribution in [1.29, 1.82) is 5.26 Å². The zero-order valence-corrected chi connectivity index (χ0v) is 18.8. The third-order valence-electron chi connectivity index (χ3n) is 6.71. The Balaban J connectivity index is 1.56. The molecule has 6 rings (SSSR count). The lowest BCUT2D eigenvalue weighted by Gasteiger charge is -2.14. The lowest BCUT2D eigenvalue weighted by atomic mass is 9.93. The summed E-state index contributed by atoms with van der Waals surface area (Å²) in [6.45, 7) is 2.95. The molecule has 1 aliphatic rings. The third kappa shape index (κ3) is 3.44. The number of pyridine rings is 1. The Kier molecular flexibility index (Phi) is 4.89. The van der Waals surface area contributed by atoms with Crippen molar-refractivity contribution < 1.29 is 4.39 Å². The number of aromatic nitrogens is 4. The predicted octanol–water partition coefficient (Wildman–Crippen LogP) is 4.88. The Bertz CT molecular complexity index is 1580. The van der Waals surface area contributed by atoms with Gasteiger partial charge in [-0.3, -0.25) is 4.68 Å². The maximum Gasteiger partial charge on any atom is 0.141 e. The first-order valence-electron chi connectivity index (χ1n) is 11.4. The Morgan fingerprint density at radius 3 is 2.85 bits per heavy atom. The minimum Gasteiger partial charge on any atom is -0.332 e. The van der Waals surface area contributed by atoms with Gasteiger partial charge in [-0.2, -0.15) is 10.4 Å². The number of halogens is 1. The fraction of sp³-hybridized carbons (Fsp3) is 0.222. The largest absolute Gasteiger partial charge is 0.332 e. The quantitative estimate of drug-likeness (QED) is 0.424. The zero-order valence-electron chi connectivity index (χ0n) is 18.8. The van der Waals surface area contributed by atoms with Gasteiger partial charge in [-0.05, 0) is 66.9 Å². The molecule has 6 nitrogen and oxygen atoms in total. The fourth-order valence-electron chi connectivity index (χ4n) is 5.04. The van der Waals surface area contributed by atoms with Crippen LogP contribution >= 0.6 is 0 Å². The van der Waals surface area contributed by atoms with Crippen LogP contribution < -0.4 is 5.32 Å². The van der Waals surface area contributed by atoms with E-state index in [0.29, 0.717) is 5.92 Å². The Morgan fingerprint density at radius 1 is 1.18 bits per heavy atom. The minimum absolute atomic E-state index is 0.0404. The summed E-state index contributed by atoms with van der Waals surface area (Å²) in [6, 6.07) is 14.9. The molecule has 0 unspecified atom stereocenters. The number of nitrogens with one attached hydrogen (secondary N) is 1. The summed E-state index contributed by atoms with van der Waals surface area (Å²) in [6.07, 6.45) is 7.09. The lowest BCUT2D eigenvalue weighted by molar-refractivity contribution is 0.489. The van der Waals surface area contributed by atoms with Gasteiger partial charge in [0.05, 0.1) is 11.1 Å². The molecule has 0 amide bonds. The first kappa shape index (κ1) is 20.6. The molecule has 4 heterocycles. The molecule has 1 saturated heterocycles. The summed E-state index contributed by atoms with van der Waals surface area (Å²) in [4.78, 5) is 4.86. The summed E-state index contributed by atoms with van der Waals surface area (Å²) < 4.78 is 18.7. The van der Waals surface area contributed by atoms with E-state index in [1.165, 1.54) is 6.07 Å². The molecule has 34 heavy (non-hydrogen) atoms. The van der Waals surface area contributed by atoms with E-state index < -0.39 is 5.82 Å². The van der Waals surface area contributed by atoms with Crippen LogP contribution in [0, 0.1) is 23.1 Å². The van der Waals surface area contributed by atoms with Gasteiger partial charge in [0.25, 0.3) is 0 Å². The van der Waals surface area contributed by atoms with Crippen LogP contribution in [0.4, 0.5) is 4.39 Å². The van der Waals surface area contributed by atoms with Crippen LogP contribution in [0.5, 0.6) is 0 Å². The van der Waals surface area contributed by atoms with Crippen LogP contribution in [-0.4, -0.2) is 32.4 Å². The molecule has 1 fully saturated rings. The zero-order chi connectivity index (χ0) is 23.2. The highest BCUT2D eigenvalue weighted by atomic mass is 19.1. The molecule has 0 aliphatic carbocycles. The summed E-state index contributed by atoms with van der Waals surface area (Å²) >= 11 is 0. The second-order valence-corrected chi connectivity index (χ2v) is 8.99. The van der Waals surface area contributed by atoms with Gasteiger partial charge in [-0.25, -0.2) is 9.37 Å². The van der Waals surface area contributed by atoms with E-state index in [1.807, 2.05) is 43.7 Å². The maximum absolute atomic E-state index is 14.7. The van der Waals surface area contributed by atoms with E-state index in [-0.39, 0.29) is 5.56 Å². The normalized spacial score (nSPS) is 15.9. The molecule has 1 atom stereocenters. The summed E-state index contributed by atoms with van der Waals surface area (Å²) in [5, 5.41) is 19.1. The van der Waals surface area contributed by atoms with E-state index in [0.717, 1.165) is 70.2 Å². The van der Waals surface area contributed by atoms with Gasteiger partial charge in [0.1, 0.15) is 17.5 Å². The molecule has 7 heteroatoms. The number of benzene rings is 2. The van der Waals surface area contributed by atoms with E-state index >= 15 is 0 Å². The standard InChI is InChI=1S/C27H23FN6/c1-33-16-21-10-18(4-5-25(21)32-33)23-14-31-27-22(7-9-34(27)15-17-6-8-30-13-17)26(23)19-2-3-20(12-29)24(28)11-19/h2-5,7,9-11,14,16-17,30H,6,8,13,15H2,1H3/t17-/m1/s1. The first-order valence-corrected chi connectivity index (χ1v) is 11.4. The Hall–Kier alpha value is -4.02. The molecule has 0 saturated carbocycles. The van der Waals surface area contributed by atoms with Crippen LogP contribution in [-0.2, 0) is 13.6 Å². The van der Waals surface area contributed by atoms with Gasteiger partial charge in [0.15, 0.2) is 0 Å². The van der Waals surface area contributed by atoms with Crippen molar-refractivity contribution >= 4 is 21.9 Å². The third-order valence-corrected chi connectivity index (χ3v) is 6.71. The topological polar surface area (TPSA) is 71.5 Å². The molecule has 2 aromatic carbocycles. The van der Waals surface area contributed by atoms with Crippen molar-refractivity contribution in [3.8, 4) is 28.3 Å². The van der Waals surface area contributed by atoms with Crippen molar-refractivity contribution in [3.05, 3.63) is 72.4 Å². The number of rotatable bonds is 4. The van der Waals surface area contributed by atoms with E-state index in [9.17, 15) is 9.65 Å². The van der Waals surface area contributed by atoms with Crippen LogP contribution in [0.25, 0.3) is 44.2 Å². The number of nitrogens with zero attached hydrogens (tertiary/aromatic N) is 5. The summed E-state index contributed by atoms with van der Waals surface area (Å²) in [5.74, 6) is 0.0518. The van der Waals surface area contributed by atoms with Crippen LogP contribution in [0.1, 0.15) is 12.0 Å². The fourth-order valence-corrected chi connectivity index (χ4v) is 5.04. The summed E-state index contributed by atoms with van der Waals surface area (Å²) in [7, 11) is 1.90. The van der Waals surface area contributed by atoms with Crippen molar-refractivity contribution in [2.75, 3.05) is 13.1 Å². The second-order valence-electron chi connectivity index (χ2n) is 8.99. The van der Waals surface area contributed by atoms with E-state index in [4.69, 9.17) is 4.98 Å². The SMILES string of the molecule is Cn1cc2cc(-c3cnc4c(ccn4C[C@@H]4CCNC4)c3-c3ccc(C#N)c(F)c3)ccc2n1. The van der Waals surface area contributed by atoms with Gasteiger partial charge < -0.3 is 9.88 Å². The number of fused-ring (bicyclic) bond motifs is 2. The highest BCUT2D eigenvalue weighted by Gasteiger charge is 2.20. The van der Waals surface area contributed by atoms with Gasteiger partial charge in [-0.15, -0.1) is 0 Å². The molecule has 168 valence electrons. The van der Waals surface area contributed by atoms with Crippen LogP contribution in [0.3, 0.4) is 0 Å². The Morgan fingerprint density at radius 2 is 2.06 bits per heavy atom. The molecule has 5 aromatic rings. The maximum atomic E-state index is 14.7. The van der Waals surface area contributed by atoms with Crippen molar-refractivity contribution in [2.45, 2.75) is 13.0 Å². The molecule has 3 aromatic heterocycles. The number of aryl methyl sites for hydroxylation is 1. The first-order chi connectivity index (χ1) is 16.6. The number of hydrogen-bond acceptors (Lipinski definition) is 4. The van der Waals surface area contributed by atoms with Gasteiger partial charge >= 0.3 is 0 Å². The molecule has 1 aliphatic heterocycles. The summed E-state index contributed by atoms with van der Waals surface area (Å²) in [5.41, 5.74) is 5.40. The highest BCUT2D eigenvalue weighted by Crippen LogP contribution is 2.39. The van der Waals surface area contributed by atoms with Crippen molar-refractivity contribution in [1.82, 2.24) is 24.6 Å². The number of hydrogen-bond donors (Lipinski definition) is 1. The smallest absolute Gasteiger partial charge is 0.141 e. The van der Waals surface area contributed by atoms with E-state index in [2.05, 4.69) is 33.3 Å². The second kappa shape index (κ2) is 8.08. The average molecular weight is 451 g/mol. The monoisotopic (exact) mass is 450 g/mol. The Labute approximate surface area is 196 Å². The average Bonchev–Trinajstić information content (AvgIpc) is 3.58. The van der Waals surface area contributed by atoms with Crippen molar-refractivity contribution in [2.24, 2.45) is 13.0 Å². The van der Waals surface area contributed by atoms with Crippen LogP contribution in [0.2, 0.25) is 0 Å². The predicted molar refractivity (Wildman–Crippen MR) is 131 cm³/mol. The molecular weight excluding hydrogens is 427 g/mol. The van der Waals surface area contributed by atoms with Crippen LogP contribution in [0.15, 0.2) is 61.1 Å².